The van der Waals surface area contributed by atoms with E-state index in [1.54, 1.807) is 24.4 Å². The standard InChI is InChI=1S/C50H51N9O7/c60-34(21-22-43(62)53-39-14-7-13-35-38(39)30-59(48(35)65)41-15-8-16-42(61)55-47(41)64)12-5-2-6-26-51-44(63)29-52-50(24-9-25-50)33-19-17-32(18-20-33)45-36(31-10-3-1-4-11-31)28-37-40(54-45)23-27-58-46(37)56-57-49(58)66/h1,3-4,7,10-11,13-14,17-20,23,27-28,41,52H,2,5-6,8-9,12,15-16,21-22,24-26,29-30H2,(H,51,63)(H,53,62)(H,57,66)(H,55,61,64)/t41-/m0/s1. The highest BCUT2D eigenvalue weighted by molar-refractivity contribution is 6.06. The quantitative estimate of drug-likeness (QED) is 0.0557. The van der Waals surface area contributed by atoms with Gasteiger partial charge in [-0.05, 0) is 80.3 Å². The van der Waals surface area contributed by atoms with Gasteiger partial charge in [-0.1, -0.05) is 67.1 Å². The van der Waals surface area contributed by atoms with Gasteiger partial charge in [0.2, 0.25) is 23.6 Å². The van der Waals surface area contributed by atoms with Crippen LogP contribution in [0.1, 0.15) is 98.5 Å². The molecule has 0 spiro atoms. The van der Waals surface area contributed by atoms with Crippen LogP contribution in [0.5, 0.6) is 0 Å². The number of Topliss-reactive ketones (excluding diaryl/α,β-unsaturated/α-hetero) is 1. The van der Waals surface area contributed by atoms with Crippen molar-refractivity contribution < 1.29 is 28.8 Å². The largest absolute Gasteiger partial charge is 0.355 e. The summed E-state index contributed by atoms with van der Waals surface area (Å²) in [6, 6.07) is 26.5. The molecule has 3 aliphatic rings. The number of carbonyl (C=O) groups excluding carboxylic acids is 6. The first kappa shape index (κ1) is 43.9. The van der Waals surface area contributed by atoms with Crippen molar-refractivity contribution in [3.05, 3.63) is 118 Å². The summed E-state index contributed by atoms with van der Waals surface area (Å²) in [4.78, 5) is 95.0. The topological polar surface area (TPSA) is 217 Å². The molecule has 5 amide bonds. The van der Waals surface area contributed by atoms with Crippen LogP contribution in [0, 0.1) is 0 Å². The van der Waals surface area contributed by atoms with Crippen molar-refractivity contribution in [2.24, 2.45) is 0 Å². The number of pyridine rings is 2. The molecule has 3 aromatic heterocycles. The lowest BCUT2D eigenvalue weighted by Gasteiger charge is -2.43. The fraction of sp³-hybridized carbons (Fsp3) is 0.340. The number of rotatable bonds is 17. The number of benzene rings is 3. The molecule has 66 heavy (non-hydrogen) atoms. The molecule has 2 aliphatic heterocycles. The van der Waals surface area contributed by atoms with Gasteiger partial charge in [-0.15, -0.1) is 0 Å². The maximum absolute atomic E-state index is 13.2. The van der Waals surface area contributed by atoms with Crippen LogP contribution < -0.4 is 27.0 Å². The smallest absolute Gasteiger partial charge is 0.347 e. The van der Waals surface area contributed by atoms with Gasteiger partial charge in [-0.2, -0.15) is 5.10 Å². The monoisotopic (exact) mass is 889 g/mol. The molecule has 16 nitrogen and oxygen atoms in total. The molecular formula is C50H51N9O7. The summed E-state index contributed by atoms with van der Waals surface area (Å²) in [7, 11) is 0. The lowest BCUT2D eigenvalue weighted by Crippen LogP contribution is -2.51. The molecule has 1 saturated heterocycles. The first-order chi connectivity index (χ1) is 32.1. The van der Waals surface area contributed by atoms with Crippen LogP contribution >= 0.6 is 0 Å². The maximum Gasteiger partial charge on any atom is 0.347 e. The number of imide groups is 1. The molecule has 9 rings (SSSR count). The second-order valence-electron chi connectivity index (χ2n) is 17.4. The van der Waals surface area contributed by atoms with E-state index in [0.717, 1.165) is 71.0 Å². The summed E-state index contributed by atoms with van der Waals surface area (Å²) >= 11 is 0. The fourth-order valence-corrected chi connectivity index (χ4v) is 9.36. The first-order valence-electron chi connectivity index (χ1n) is 22.7. The number of hydrogen-bond donors (Lipinski definition) is 5. The van der Waals surface area contributed by atoms with E-state index in [0.29, 0.717) is 54.7 Å². The number of H-pyrrole nitrogens is 1. The second kappa shape index (κ2) is 19.0. The first-order valence-corrected chi connectivity index (χ1v) is 22.7. The molecule has 0 unspecified atom stereocenters. The molecule has 1 saturated carbocycles. The number of aromatic nitrogens is 4. The molecule has 1 aliphatic carbocycles. The number of unbranched alkanes of at least 4 members (excludes halogenated alkanes) is 2. The predicted molar refractivity (Wildman–Crippen MR) is 247 cm³/mol. The highest BCUT2D eigenvalue weighted by Gasteiger charge is 2.40. The summed E-state index contributed by atoms with van der Waals surface area (Å²) in [5.74, 6) is -1.62. The third-order valence-electron chi connectivity index (χ3n) is 13.1. The van der Waals surface area contributed by atoms with Crippen molar-refractivity contribution in [2.75, 3.05) is 18.4 Å². The number of carbonyl (C=O) groups is 6. The number of nitrogens with one attached hydrogen (secondary N) is 5. The predicted octanol–water partition coefficient (Wildman–Crippen LogP) is 5.69. The van der Waals surface area contributed by atoms with E-state index in [2.05, 4.69) is 55.7 Å². The Bertz CT molecular complexity index is 2920. The highest BCUT2D eigenvalue weighted by Crippen LogP contribution is 2.42. The molecule has 338 valence electrons. The van der Waals surface area contributed by atoms with Crippen molar-refractivity contribution in [3.63, 3.8) is 0 Å². The minimum Gasteiger partial charge on any atom is -0.355 e. The lowest BCUT2D eigenvalue weighted by atomic mass is 9.71. The Labute approximate surface area is 379 Å². The van der Waals surface area contributed by atoms with Gasteiger partial charge in [0.15, 0.2) is 5.65 Å². The summed E-state index contributed by atoms with van der Waals surface area (Å²) in [5, 5.41) is 19.3. The normalized spacial score (nSPS) is 16.7. The Kier molecular flexibility index (Phi) is 12.7. The third kappa shape index (κ3) is 9.13. The molecule has 6 aromatic rings. The minimum atomic E-state index is -0.766. The second-order valence-corrected chi connectivity index (χ2v) is 17.4. The van der Waals surface area contributed by atoms with Crippen molar-refractivity contribution in [3.8, 4) is 22.4 Å². The fourth-order valence-electron chi connectivity index (χ4n) is 9.36. The average Bonchev–Trinajstić information content (AvgIpc) is 3.81. The van der Waals surface area contributed by atoms with Gasteiger partial charge in [0.25, 0.3) is 5.91 Å². The molecule has 16 heteroatoms. The van der Waals surface area contributed by atoms with E-state index in [4.69, 9.17) is 4.98 Å². The highest BCUT2D eigenvalue weighted by atomic mass is 16.2. The van der Waals surface area contributed by atoms with E-state index in [9.17, 15) is 33.6 Å². The third-order valence-corrected chi connectivity index (χ3v) is 13.1. The Morgan fingerprint density at radius 1 is 0.803 bits per heavy atom. The van der Waals surface area contributed by atoms with Crippen molar-refractivity contribution >= 4 is 57.6 Å². The Morgan fingerprint density at radius 3 is 2.41 bits per heavy atom. The Morgan fingerprint density at radius 2 is 1.62 bits per heavy atom. The Hall–Kier alpha value is -7.33. The van der Waals surface area contributed by atoms with Crippen LogP contribution in [0.3, 0.4) is 0 Å². The Balaban J connectivity index is 0.710. The van der Waals surface area contributed by atoms with Crippen LogP contribution in [-0.4, -0.2) is 78.9 Å². The number of aromatic amines is 1. The molecule has 2 fully saturated rings. The number of fused-ring (bicyclic) bond motifs is 4. The zero-order chi connectivity index (χ0) is 45.8. The SMILES string of the molecule is O=C(CCCCCNC(=O)CNC1(c2ccc(-c3nc4ccn5c(=O)[nH]nc5c4cc3-c3ccccc3)cc2)CCC1)CCC(=O)Nc1cccc2c1CN([C@H]1CCCC(=O)NC1=O)C2=O. The van der Waals surface area contributed by atoms with Gasteiger partial charge < -0.3 is 15.5 Å². The number of anilines is 1. The van der Waals surface area contributed by atoms with Crippen LogP contribution in [0.2, 0.25) is 0 Å². The molecule has 0 bridgehead atoms. The summed E-state index contributed by atoms with van der Waals surface area (Å²) in [6.45, 7) is 0.808. The van der Waals surface area contributed by atoms with Gasteiger partial charge in [0.05, 0.1) is 17.8 Å². The van der Waals surface area contributed by atoms with Gasteiger partial charge >= 0.3 is 5.69 Å². The number of ketones is 1. The van der Waals surface area contributed by atoms with Gasteiger partial charge in [0.1, 0.15) is 11.8 Å². The van der Waals surface area contributed by atoms with Gasteiger partial charge in [-0.25, -0.2) is 19.3 Å². The van der Waals surface area contributed by atoms with E-state index in [1.807, 2.05) is 42.5 Å². The molecule has 3 aromatic carbocycles. The molecular weight excluding hydrogens is 839 g/mol. The zero-order valence-electron chi connectivity index (χ0n) is 36.5. The van der Waals surface area contributed by atoms with Crippen LogP contribution in [0.15, 0.2) is 95.9 Å². The maximum atomic E-state index is 13.2. The summed E-state index contributed by atoms with van der Waals surface area (Å²) < 4.78 is 1.48. The van der Waals surface area contributed by atoms with Gasteiger partial charge in [-0.3, -0.25) is 39.4 Å². The van der Waals surface area contributed by atoms with Crippen LogP contribution in [0.25, 0.3) is 38.9 Å². The molecule has 0 radical (unpaired) electrons. The van der Waals surface area contributed by atoms with E-state index in [1.165, 1.54) is 9.30 Å². The van der Waals surface area contributed by atoms with Crippen molar-refractivity contribution in [1.82, 2.24) is 40.4 Å². The molecule has 5 heterocycles. The zero-order valence-corrected chi connectivity index (χ0v) is 36.5. The number of amides is 5. The van der Waals surface area contributed by atoms with Gasteiger partial charge in [0, 0.05) is 83.8 Å². The lowest BCUT2D eigenvalue weighted by molar-refractivity contribution is -0.132. The number of nitrogens with zero attached hydrogens (tertiary/aromatic N) is 4. The summed E-state index contributed by atoms with van der Waals surface area (Å²) in [6.07, 6.45) is 8.20. The average molecular weight is 890 g/mol. The number of hydrogen-bond acceptors (Lipinski definition) is 10. The molecule has 5 N–H and O–H groups in total. The van der Waals surface area contributed by atoms with E-state index in [-0.39, 0.29) is 73.0 Å². The summed E-state index contributed by atoms with van der Waals surface area (Å²) in [5.41, 5.74) is 6.90. The van der Waals surface area contributed by atoms with Crippen molar-refractivity contribution in [1.29, 1.82) is 0 Å². The minimum absolute atomic E-state index is 0.000230. The van der Waals surface area contributed by atoms with E-state index < -0.39 is 11.9 Å². The van der Waals surface area contributed by atoms with Crippen molar-refractivity contribution in [2.45, 2.75) is 95.2 Å². The van der Waals surface area contributed by atoms with E-state index >= 15 is 0 Å². The van der Waals surface area contributed by atoms with Crippen LogP contribution in [-0.2, 0) is 36.1 Å². The molecule has 1 atom stereocenters. The van der Waals surface area contributed by atoms with Crippen LogP contribution in [0.4, 0.5) is 5.69 Å².